The summed E-state index contributed by atoms with van der Waals surface area (Å²) in [6, 6.07) is 5.49. The number of aromatic nitrogens is 2. The van der Waals surface area contributed by atoms with E-state index in [9.17, 15) is 0 Å². The molecule has 0 saturated heterocycles. The summed E-state index contributed by atoms with van der Waals surface area (Å²) in [5.74, 6) is 2.02. The molecule has 1 heterocycles. The zero-order valence-corrected chi connectivity index (χ0v) is 16.1. The molecule has 1 aromatic heterocycles. The molecule has 0 unspecified atom stereocenters. The third kappa shape index (κ3) is 4.83. The molecule has 0 bridgehead atoms. The molecule has 4 heteroatoms. The first-order chi connectivity index (χ1) is 12.2. The Bertz CT molecular complexity index is 717. The lowest BCUT2D eigenvalue weighted by atomic mass is 9.79. The Labute approximate surface area is 160 Å². The van der Waals surface area contributed by atoms with E-state index in [2.05, 4.69) is 29.0 Å². The molecule has 0 radical (unpaired) electrons. The molecule has 0 atom stereocenters. The van der Waals surface area contributed by atoms with Crippen molar-refractivity contribution in [2.24, 2.45) is 5.92 Å². The summed E-state index contributed by atoms with van der Waals surface area (Å²) < 4.78 is 0. The zero-order valence-electron chi connectivity index (χ0n) is 14.6. The lowest BCUT2D eigenvalue weighted by Crippen LogP contribution is -2.12. The van der Waals surface area contributed by atoms with Crippen molar-refractivity contribution < 1.29 is 0 Å². The number of hydrogen-bond acceptors (Lipinski definition) is 2. The molecule has 0 amide bonds. The van der Waals surface area contributed by atoms with Crippen LogP contribution in [0.2, 0.25) is 10.0 Å². The van der Waals surface area contributed by atoms with E-state index in [1.54, 1.807) is 6.07 Å². The Morgan fingerprint density at radius 1 is 1.04 bits per heavy atom. The second-order valence-corrected chi connectivity index (χ2v) is 7.61. The second kappa shape index (κ2) is 8.82. The lowest BCUT2D eigenvalue weighted by Gasteiger charge is -2.26. The minimum Gasteiger partial charge on any atom is -0.236 e. The molecule has 0 spiro atoms. The minimum atomic E-state index is 0.529. The van der Waals surface area contributed by atoms with Crippen molar-refractivity contribution in [1.29, 1.82) is 0 Å². The maximum atomic E-state index is 6.08. The predicted molar refractivity (Wildman–Crippen MR) is 106 cm³/mol. The van der Waals surface area contributed by atoms with Gasteiger partial charge < -0.3 is 0 Å². The highest BCUT2D eigenvalue weighted by molar-refractivity contribution is 6.42. The van der Waals surface area contributed by atoms with Gasteiger partial charge in [0.2, 0.25) is 0 Å². The van der Waals surface area contributed by atoms with E-state index in [1.807, 2.05) is 24.5 Å². The molecule has 1 saturated carbocycles. The summed E-state index contributed by atoms with van der Waals surface area (Å²) in [4.78, 5) is 9.10. The highest BCUT2D eigenvalue weighted by Crippen LogP contribution is 2.36. The van der Waals surface area contributed by atoms with Gasteiger partial charge in [0, 0.05) is 18.0 Å². The van der Waals surface area contributed by atoms with Crippen LogP contribution in [0.1, 0.15) is 56.9 Å². The Balaban J connectivity index is 1.62. The number of benzene rings is 1. The van der Waals surface area contributed by atoms with Crippen LogP contribution in [0.4, 0.5) is 0 Å². The first-order valence-corrected chi connectivity index (χ1v) is 9.87. The van der Waals surface area contributed by atoms with Crippen molar-refractivity contribution in [3.8, 4) is 11.4 Å². The fraction of sp³-hybridized carbons (Fsp3) is 0.429. The highest BCUT2D eigenvalue weighted by Gasteiger charge is 2.21. The molecule has 1 aromatic carbocycles. The third-order valence-corrected chi connectivity index (χ3v) is 5.70. The molecule has 0 N–H and O–H groups in total. The van der Waals surface area contributed by atoms with E-state index in [0.717, 1.165) is 11.5 Å². The molecular weight excluding hydrogens is 351 g/mol. The van der Waals surface area contributed by atoms with Crippen LogP contribution in [-0.2, 0) is 0 Å². The van der Waals surface area contributed by atoms with Gasteiger partial charge in [-0.05, 0) is 67.7 Å². The van der Waals surface area contributed by atoms with Crippen molar-refractivity contribution in [2.45, 2.75) is 51.4 Å². The summed E-state index contributed by atoms with van der Waals surface area (Å²) >= 11 is 12.1. The van der Waals surface area contributed by atoms with Gasteiger partial charge in [0.25, 0.3) is 0 Å². The van der Waals surface area contributed by atoms with Gasteiger partial charge in [0.05, 0.1) is 10.0 Å². The van der Waals surface area contributed by atoms with Crippen LogP contribution in [-0.4, -0.2) is 9.97 Å². The van der Waals surface area contributed by atoms with Crippen LogP contribution in [0, 0.1) is 5.92 Å². The van der Waals surface area contributed by atoms with E-state index in [1.165, 1.54) is 44.1 Å². The highest BCUT2D eigenvalue weighted by atomic mass is 35.5. The summed E-state index contributed by atoms with van der Waals surface area (Å²) in [7, 11) is 0. The molecule has 3 rings (SSSR count). The summed E-state index contributed by atoms with van der Waals surface area (Å²) in [6.45, 7) is 2.23. The van der Waals surface area contributed by atoms with Gasteiger partial charge >= 0.3 is 0 Å². The fourth-order valence-electron chi connectivity index (χ4n) is 3.43. The summed E-state index contributed by atoms with van der Waals surface area (Å²) in [5.41, 5.74) is 2.14. The molecule has 2 nitrogen and oxygen atoms in total. The van der Waals surface area contributed by atoms with E-state index < -0.39 is 0 Å². The molecule has 132 valence electrons. The summed E-state index contributed by atoms with van der Waals surface area (Å²) in [5, 5.41) is 1.08. The van der Waals surface area contributed by atoms with Crippen molar-refractivity contribution in [3.63, 3.8) is 0 Å². The lowest BCUT2D eigenvalue weighted by molar-refractivity contribution is 0.374. The van der Waals surface area contributed by atoms with Crippen LogP contribution in [0.5, 0.6) is 0 Å². The molecule has 1 fully saturated rings. The SMILES string of the molecule is CCCC=CC1CCC(c2cnc(-c3ccc(Cl)c(Cl)c3)nc2)CC1. The van der Waals surface area contributed by atoms with Gasteiger partial charge in [-0.25, -0.2) is 9.97 Å². The number of hydrogen-bond donors (Lipinski definition) is 0. The summed E-state index contributed by atoms with van der Waals surface area (Å²) in [6.07, 6.45) is 16.1. The van der Waals surface area contributed by atoms with Gasteiger partial charge in [-0.1, -0.05) is 48.7 Å². The minimum absolute atomic E-state index is 0.529. The van der Waals surface area contributed by atoms with Crippen molar-refractivity contribution in [1.82, 2.24) is 9.97 Å². The molecule has 0 aliphatic heterocycles. The predicted octanol–water partition coefficient (Wildman–Crippen LogP) is 7.08. The van der Waals surface area contributed by atoms with Crippen LogP contribution >= 0.6 is 23.2 Å². The first kappa shape index (κ1) is 18.4. The van der Waals surface area contributed by atoms with Crippen LogP contribution < -0.4 is 0 Å². The van der Waals surface area contributed by atoms with E-state index in [4.69, 9.17) is 23.2 Å². The van der Waals surface area contributed by atoms with Gasteiger partial charge in [0.15, 0.2) is 5.82 Å². The van der Waals surface area contributed by atoms with E-state index >= 15 is 0 Å². The number of rotatable bonds is 5. The normalized spacial score (nSPS) is 20.9. The average Bonchev–Trinajstić information content (AvgIpc) is 2.65. The Morgan fingerprint density at radius 2 is 1.76 bits per heavy atom. The molecule has 2 aromatic rings. The van der Waals surface area contributed by atoms with Crippen LogP contribution in [0.15, 0.2) is 42.7 Å². The standard InChI is InChI=1S/C21H24Cl2N2/c1-2-3-4-5-15-6-8-16(9-7-15)18-13-24-21(25-14-18)17-10-11-19(22)20(23)12-17/h4-5,10-16H,2-3,6-9H2,1H3. The van der Waals surface area contributed by atoms with Crippen LogP contribution in [0.3, 0.4) is 0 Å². The smallest absolute Gasteiger partial charge is 0.159 e. The molecular formula is C21H24Cl2N2. The van der Waals surface area contributed by atoms with Crippen molar-refractivity contribution in [2.75, 3.05) is 0 Å². The quantitative estimate of drug-likeness (QED) is 0.522. The Morgan fingerprint density at radius 3 is 2.40 bits per heavy atom. The monoisotopic (exact) mass is 374 g/mol. The number of halogens is 2. The van der Waals surface area contributed by atoms with Gasteiger partial charge in [-0.2, -0.15) is 0 Å². The number of unbranched alkanes of at least 4 members (excludes halogenated alkanes) is 1. The number of nitrogens with zero attached hydrogens (tertiary/aromatic N) is 2. The van der Waals surface area contributed by atoms with Crippen LogP contribution in [0.25, 0.3) is 11.4 Å². The largest absolute Gasteiger partial charge is 0.236 e. The zero-order chi connectivity index (χ0) is 17.6. The molecule has 1 aliphatic carbocycles. The molecule has 1 aliphatic rings. The van der Waals surface area contributed by atoms with E-state index in [0.29, 0.717) is 21.8 Å². The fourth-order valence-corrected chi connectivity index (χ4v) is 3.73. The van der Waals surface area contributed by atoms with Crippen molar-refractivity contribution >= 4 is 23.2 Å². The second-order valence-electron chi connectivity index (χ2n) is 6.80. The maximum absolute atomic E-state index is 6.08. The topological polar surface area (TPSA) is 25.8 Å². The number of allylic oxidation sites excluding steroid dienone is 2. The first-order valence-electron chi connectivity index (χ1n) is 9.11. The average molecular weight is 375 g/mol. The maximum Gasteiger partial charge on any atom is 0.159 e. The van der Waals surface area contributed by atoms with Gasteiger partial charge in [0.1, 0.15) is 0 Å². The van der Waals surface area contributed by atoms with Gasteiger partial charge in [-0.3, -0.25) is 0 Å². The third-order valence-electron chi connectivity index (χ3n) is 4.96. The van der Waals surface area contributed by atoms with E-state index in [-0.39, 0.29) is 0 Å². The van der Waals surface area contributed by atoms with Crippen molar-refractivity contribution in [3.05, 3.63) is 58.4 Å². The molecule has 25 heavy (non-hydrogen) atoms. The van der Waals surface area contributed by atoms with Gasteiger partial charge in [-0.15, -0.1) is 0 Å². The Kier molecular flexibility index (Phi) is 6.50. The Hall–Kier alpha value is -1.38.